The Kier molecular flexibility index (Phi) is 5.93. The molecular formula is C24H17FN10O2. The zero-order chi connectivity index (χ0) is 25.9. The van der Waals surface area contributed by atoms with E-state index in [1.807, 2.05) is 12.3 Å². The van der Waals surface area contributed by atoms with Gasteiger partial charge in [-0.1, -0.05) is 29.4 Å². The third-order valence-corrected chi connectivity index (χ3v) is 5.49. The summed E-state index contributed by atoms with van der Waals surface area (Å²) in [5.41, 5.74) is 14.2. The standard InChI is InChI=1S/C24H17FN10O2/c25-14-5-7-15(8-6-14)36-10-17-31-22(35-37-17)13-3-1-12(2-4-13)20-18-19(28)16(9-26)21(29)33-23(18)34-24(32-20)30-11-27/h1-8,20H,10H2,(H6,28,29,30,32,33,34). The van der Waals surface area contributed by atoms with Gasteiger partial charge < -0.3 is 26.0 Å². The molecule has 0 fully saturated rings. The molecule has 1 aliphatic heterocycles. The van der Waals surface area contributed by atoms with Gasteiger partial charge in [0.1, 0.15) is 40.9 Å². The van der Waals surface area contributed by atoms with Crippen molar-refractivity contribution in [2.24, 2.45) is 4.99 Å². The molecule has 6 N–H and O–H groups in total. The average Bonchev–Trinajstić information content (AvgIpc) is 3.37. The Morgan fingerprint density at radius 2 is 1.84 bits per heavy atom. The zero-order valence-electron chi connectivity index (χ0n) is 18.9. The van der Waals surface area contributed by atoms with Crippen molar-refractivity contribution >= 4 is 23.3 Å². The van der Waals surface area contributed by atoms with Crippen LogP contribution in [-0.2, 0) is 6.61 Å². The molecule has 0 saturated carbocycles. The van der Waals surface area contributed by atoms with Gasteiger partial charge in [-0.05, 0) is 29.8 Å². The maximum atomic E-state index is 13.0. The van der Waals surface area contributed by atoms with Crippen LogP contribution in [0.1, 0.15) is 28.6 Å². The summed E-state index contributed by atoms with van der Waals surface area (Å²) in [7, 11) is 0. The normalized spacial score (nSPS) is 13.9. The highest BCUT2D eigenvalue weighted by Crippen LogP contribution is 2.40. The number of anilines is 3. The second-order valence-corrected chi connectivity index (χ2v) is 7.78. The largest absolute Gasteiger partial charge is 0.484 e. The summed E-state index contributed by atoms with van der Waals surface area (Å²) in [6, 6.07) is 14.0. The minimum atomic E-state index is -0.675. The minimum absolute atomic E-state index is 0.0165. The van der Waals surface area contributed by atoms with Gasteiger partial charge in [-0.3, -0.25) is 5.32 Å². The molecule has 0 bridgehead atoms. The molecular weight excluding hydrogens is 479 g/mol. The predicted octanol–water partition coefficient (Wildman–Crippen LogP) is 2.83. The Balaban J connectivity index is 1.40. The summed E-state index contributed by atoms with van der Waals surface area (Å²) in [6.07, 6.45) is 1.81. The van der Waals surface area contributed by atoms with Crippen molar-refractivity contribution in [3.63, 3.8) is 0 Å². The average molecular weight is 496 g/mol. The van der Waals surface area contributed by atoms with Gasteiger partial charge in [-0.2, -0.15) is 15.5 Å². The van der Waals surface area contributed by atoms with E-state index in [2.05, 4.69) is 30.8 Å². The van der Waals surface area contributed by atoms with E-state index < -0.39 is 6.04 Å². The summed E-state index contributed by atoms with van der Waals surface area (Å²) < 4.78 is 23.8. The maximum absolute atomic E-state index is 13.0. The number of hydrogen-bond donors (Lipinski definition) is 4. The first kappa shape index (κ1) is 23.1. The number of benzene rings is 2. The Hall–Kier alpha value is -5.69. The first-order valence-corrected chi connectivity index (χ1v) is 10.8. The number of nitrogens with one attached hydrogen (secondary N) is 2. The molecule has 5 rings (SSSR count). The van der Waals surface area contributed by atoms with E-state index in [9.17, 15) is 9.65 Å². The SMILES string of the molecule is N#CNC1=NC(c2ccc(-c3noc(COc4ccc(F)cc4)n3)cc2)c2c(nc(N)c(C#N)c2N)N1. The number of ether oxygens (including phenoxy) is 1. The van der Waals surface area contributed by atoms with Crippen molar-refractivity contribution in [1.82, 2.24) is 20.4 Å². The third-order valence-electron chi connectivity index (χ3n) is 5.49. The molecule has 1 aliphatic rings. The van der Waals surface area contributed by atoms with Crippen LogP contribution in [0, 0.1) is 28.6 Å². The molecule has 0 amide bonds. The highest BCUT2D eigenvalue weighted by molar-refractivity contribution is 5.98. The lowest BCUT2D eigenvalue weighted by Gasteiger charge is -2.26. The lowest BCUT2D eigenvalue weighted by molar-refractivity contribution is 0.242. The van der Waals surface area contributed by atoms with Crippen LogP contribution in [-0.4, -0.2) is 21.1 Å². The Morgan fingerprint density at radius 1 is 1.08 bits per heavy atom. The van der Waals surface area contributed by atoms with Crippen LogP contribution in [0.3, 0.4) is 0 Å². The second-order valence-electron chi connectivity index (χ2n) is 7.78. The lowest BCUT2D eigenvalue weighted by atomic mass is 9.94. The van der Waals surface area contributed by atoms with Crippen LogP contribution in [0.15, 0.2) is 58.0 Å². The fourth-order valence-electron chi connectivity index (χ4n) is 3.74. The van der Waals surface area contributed by atoms with Gasteiger partial charge in [-0.15, -0.1) is 0 Å². The zero-order valence-corrected chi connectivity index (χ0v) is 18.9. The van der Waals surface area contributed by atoms with E-state index in [0.717, 1.165) is 0 Å². The number of nitrogen functional groups attached to an aromatic ring is 2. The van der Waals surface area contributed by atoms with Crippen molar-refractivity contribution in [1.29, 1.82) is 10.5 Å². The Labute approximate surface area is 209 Å². The van der Waals surface area contributed by atoms with E-state index in [-0.39, 0.29) is 41.3 Å². The number of fused-ring (bicyclic) bond motifs is 1. The number of nitriles is 2. The van der Waals surface area contributed by atoms with Crippen LogP contribution >= 0.6 is 0 Å². The number of aromatic nitrogens is 3. The van der Waals surface area contributed by atoms with Gasteiger partial charge in [0.15, 0.2) is 12.8 Å². The lowest BCUT2D eigenvalue weighted by Crippen LogP contribution is -2.32. The molecule has 3 heterocycles. The number of nitrogens with zero attached hydrogens (tertiary/aromatic N) is 6. The van der Waals surface area contributed by atoms with Gasteiger partial charge in [0.25, 0.3) is 5.89 Å². The molecule has 182 valence electrons. The minimum Gasteiger partial charge on any atom is -0.484 e. The summed E-state index contributed by atoms with van der Waals surface area (Å²) in [5.74, 6) is 1.10. The molecule has 0 radical (unpaired) electrons. The molecule has 37 heavy (non-hydrogen) atoms. The number of hydrogen-bond acceptors (Lipinski definition) is 12. The van der Waals surface area contributed by atoms with Crippen molar-refractivity contribution in [2.45, 2.75) is 12.6 Å². The van der Waals surface area contributed by atoms with E-state index >= 15 is 0 Å². The van der Waals surface area contributed by atoms with Gasteiger partial charge >= 0.3 is 0 Å². The molecule has 13 heteroatoms. The summed E-state index contributed by atoms with van der Waals surface area (Å²) in [5, 5.41) is 27.8. The molecule has 2 aromatic carbocycles. The Bertz CT molecular complexity index is 1580. The van der Waals surface area contributed by atoms with E-state index in [1.165, 1.54) is 24.3 Å². The summed E-state index contributed by atoms with van der Waals surface area (Å²) in [4.78, 5) is 13.1. The topological polar surface area (TPSA) is 197 Å². The van der Waals surface area contributed by atoms with Crippen LogP contribution in [0.5, 0.6) is 5.75 Å². The maximum Gasteiger partial charge on any atom is 0.264 e. The fourth-order valence-corrected chi connectivity index (χ4v) is 3.74. The van der Waals surface area contributed by atoms with Crippen molar-refractivity contribution < 1.29 is 13.7 Å². The fraction of sp³-hybridized carbons (Fsp3) is 0.0833. The first-order valence-electron chi connectivity index (χ1n) is 10.8. The van der Waals surface area contributed by atoms with E-state index in [4.69, 9.17) is 26.0 Å². The van der Waals surface area contributed by atoms with Crippen molar-refractivity contribution in [3.05, 3.63) is 76.9 Å². The highest BCUT2D eigenvalue weighted by Gasteiger charge is 2.29. The smallest absolute Gasteiger partial charge is 0.264 e. The molecule has 0 aliphatic carbocycles. The molecule has 1 atom stereocenters. The van der Waals surface area contributed by atoms with E-state index in [1.54, 1.807) is 24.3 Å². The quantitative estimate of drug-likeness (QED) is 0.234. The number of pyridine rings is 1. The molecule has 1 unspecified atom stereocenters. The van der Waals surface area contributed by atoms with E-state index in [0.29, 0.717) is 34.1 Å². The van der Waals surface area contributed by atoms with Crippen molar-refractivity contribution in [3.8, 4) is 29.4 Å². The number of rotatable bonds is 5. The molecule has 12 nitrogen and oxygen atoms in total. The van der Waals surface area contributed by atoms with Crippen LogP contribution in [0.2, 0.25) is 0 Å². The highest BCUT2D eigenvalue weighted by atomic mass is 19.1. The molecule has 0 spiro atoms. The van der Waals surface area contributed by atoms with Gasteiger partial charge in [0.05, 0.1) is 5.69 Å². The van der Waals surface area contributed by atoms with Crippen LogP contribution in [0.25, 0.3) is 11.4 Å². The number of aliphatic imine (C=N–C) groups is 1. The molecule has 0 saturated heterocycles. The number of nitrogens with two attached hydrogens (primary N) is 2. The summed E-state index contributed by atoms with van der Waals surface area (Å²) >= 11 is 0. The van der Waals surface area contributed by atoms with Gasteiger partial charge in [-0.25, -0.2) is 14.4 Å². The van der Waals surface area contributed by atoms with Crippen LogP contribution in [0.4, 0.5) is 21.7 Å². The summed E-state index contributed by atoms with van der Waals surface area (Å²) in [6.45, 7) is 0.0165. The van der Waals surface area contributed by atoms with Gasteiger partial charge in [0.2, 0.25) is 11.8 Å². The van der Waals surface area contributed by atoms with Gasteiger partial charge in [0, 0.05) is 11.1 Å². The first-order chi connectivity index (χ1) is 18.0. The Morgan fingerprint density at radius 3 is 2.54 bits per heavy atom. The molecule has 4 aromatic rings. The van der Waals surface area contributed by atoms with Crippen molar-refractivity contribution in [2.75, 3.05) is 16.8 Å². The monoisotopic (exact) mass is 496 g/mol. The third kappa shape index (κ3) is 4.52. The number of halogens is 1. The number of guanidine groups is 1. The van der Waals surface area contributed by atoms with Crippen LogP contribution < -0.4 is 26.8 Å². The second kappa shape index (κ2) is 9.52. The molecule has 2 aromatic heterocycles. The predicted molar refractivity (Wildman–Crippen MR) is 130 cm³/mol.